The predicted molar refractivity (Wildman–Crippen MR) is 118 cm³/mol. The maximum Gasteiger partial charge on any atom is 0.345 e. The van der Waals surface area contributed by atoms with Crippen LogP contribution in [0.4, 0.5) is 0 Å². The molecule has 158 valence electrons. The molecular formula is C22H17Cl2N3O4. The van der Waals surface area contributed by atoms with E-state index in [1.54, 1.807) is 36.4 Å². The number of hydrogen-bond acceptors (Lipinski definition) is 6. The number of aryl methyl sites for hydroxylation is 1. The fourth-order valence-corrected chi connectivity index (χ4v) is 2.98. The summed E-state index contributed by atoms with van der Waals surface area (Å²) in [6.07, 6.45) is 2.91. The molecule has 0 saturated heterocycles. The maximum absolute atomic E-state index is 12.4. The number of hydrogen-bond donors (Lipinski definition) is 1. The molecule has 3 rings (SSSR count). The molecule has 3 aromatic rings. The molecule has 1 aromatic heterocycles. The molecule has 0 fully saturated rings. The van der Waals surface area contributed by atoms with E-state index < -0.39 is 5.97 Å². The lowest BCUT2D eigenvalue weighted by Gasteiger charge is -2.10. The number of esters is 1. The Labute approximate surface area is 188 Å². The van der Waals surface area contributed by atoms with E-state index in [9.17, 15) is 9.59 Å². The molecule has 0 aliphatic heterocycles. The number of carbonyl (C=O) groups excluding carboxylic acids is 2. The molecule has 31 heavy (non-hydrogen) atoms. The molecule has 0 atom stereocenters. The van der Waals surface area contributed by atoms with Gasteiger partial charge in [-0.3, -0.25) is 9.78 Å². The molecule has 1 heterocycles. The second-order valence-electron chi connectivity index (χ2n) is 6.31. The minimum absolute atomic E-state index is 0.173. The molecule has 0 spiro atoms. The van der Waals surface area contributed by atoms with E-state index in [0.29, 0.717) is 21.9 Å². The van der Waals surface area contributed by atoms with Crippen LogP contribution in [0.2, 0.25) is 10.0 Å². The highest BCUT2D eigenvalue weighted by Crippen LogP contribution is 2.29. The molecule has 0 radical (unpaired) electrons. The average molecular weight is 458 g/mol. The number of amides is 1. The zero-order valence-electron chi connectivity index (χ0n) is 16.6. The quantitative estimate of drug-likeness (QED) is 0.251. The number of carbonyl (C=O) groups is 2. The van der Waals surface area contributed by atoms with E-state index in [1.165, 1.54) is 31.7 Å². The summed E-state index contributed by atoms with van der Waals surface area (Å²) in [4.78, 5) is 28.5. The van der Waals surface area contributed by atoms with Crippen molar-refractivity contribution < 1.29 is 19.1 Å². The fraction of sp³-hybridized carbons (Fsp3) is 0.0909. The van der Waals surface area contributed by atoms with Crippen molar-refractivity contribution in [3.8, 4) is 11.5 Å². The van der Waals surface area contributed by atoms with Crippen LogP contribution in [0, 0.1) is 6.92 Å². The minimum atomic E-state index is -0.652. The van der Waals surface area contributed by atoms with Gasteiger partial charge in [0, 0.05) is 16.9 Å². The zero-order valence-corrected chi connectivity index (χ0v) is 18.1. The van der Waals surface area contributed by atoms with E-state index in [0.717, 1.165) is 5.69 Å². The topological polar surface area (TPSA) is 89.9 Å². The van der Waals surface area contributed by atoms with Crippen molar-refractivity contribution in [3.05, 3.63) is 87.2 Å². The Morgan fingerprint density at radius 1 is 1.06 bits per heavy atom. The highest BCUT2D eigenvalue weighted by molar-refractivity contribution is 6.36. The average Bonchev–Trinajstić information content (AvgIpc) is 2.75. The van der Waals surface area contributed by atoms with Crippen LogP contribution < -0.4 is 14.9 Å². The van der Waals surface area contributed by atoms with Gasteiger partial charge in [-0.25, -0.2) is 10.2 Å². The predicted octanol–water partition coefficient (Wildman–Crippen LogP) is 4.69. The Morgan fingerprint density at radius 3 is 2.55 bits per heavy atom. The summed E-state index contributed by atoms with van der Waals surface area (Å²) in [5, 5.41) is 4.52. The van der Waals surface area contributed by atoms with Crippen LogP contribution in [-0.2, 0) is 0 Å². The molecule has 7 nitrogen and oxygen atoms in total. The third-order valence-electron chi connectivity index (χ3n) is 4.09. The van der Waals surface area contributed by atoms with Gasteiger partial charge in [-0.15, -0.1) is 0 Å². The number of nitrogens with zero attached hydrogens (tertiary/aromatic N) is 2. The van der Waals surface area contributed by atoms with Crippen molar-refractivity contribution in [3.63, 3.8) is 0 Å². The molecule has 2 aromatic carbocycles. The number of ether oxygens (including phenoxy) is 2. The maximum atomic E-state index is 12.4. The number of benzene rings is 2. The molecule has 9 heteroatoms. The third-order valence-corrected chi connectivity index (χ3v) is 4.64. The summed E-state index contributed by atoms with van der Waals surface area (Å²) in [6.45, 7) is 1.83. The summed E-state index contributed by atoms with van der Waals surface area (Å²) in [6, 6.07) is 12.7. The number of nitrogens with one attached hydrogen (secondary N) is 1. The van der Waals surface area contributed by atoms with Crippen molar-refractivity contribution in [2.24, 2.45) is 5.10 Å². The van der Waals surface area contributed by atoms with Gasteiger partial charge in [-0.2, -0.15) is 5.10 Å². The summed E-state index contributed by atoms with van der Waals surface area (Å²) < 4.78 is 10.7. The van der Waals surface area contributed by atoms with Gasteiger partial charge in [0.25, 0.3) is 5.91 Å². The van der Waals surface area contributed by atoms with Gasteiger partial charge < -0.3 is 9.47 Å². The first-order chi connectivity index (χ1) is 14.9. The Kier molecular flexibility index (Phi) is 7.23. The molecule has 0 aliphatic carbocycles. The Hall–Kier alpha value is -3.42. The van der Waals surface area contributed by atoms with Crippen LogP contribution in [-0.4, -0.2) is 30.2 Å². The van der Waals surface area contributed by atoms with Crippen LogP contribution in [0.15, 0.2) is 59.8 Å². The summed E-state index contributed by atoms with van der Waals surface area (Å²) in [7, 11) is 1.44. The Morgan fingerprint density at radius 2 is 1.87 bits per heavy atom. The van der Waals surface area contributed by atoms with E-state index in [4.69, 9.17) is 32.7 Å². The lowest BCUT2D eigenvalue weighted by molar-refractivity contribution is 0.0729. The van der Waals surface area contributed by atoms with Gasteiger partial charge in [0.2, 0.25) is 0 Å². The van der Waals surface area contributed by atoms with Gasteiger partial charge in [0.05, 0.1) is 29.5 Å². The standard InChI is InChI=1S/C22H17Cl2N3O4/c1-13-3-5-15(12-25-13)21(28)27-26-11-14-4-8-19(20(9-14)30-2)31-22(29)17-7-6-16(23)10-18(17)24/h3-12H,1-2H3,(H,27,28)/b26-11+. The first-order valence-electron chi connectivity index (χ1n) is 8.98. The van der Waals surface area contributed by atoms with Crippen LogP contribution in [0.3, 0.4) is 0 Å². The normalized spacial score (nSPS) is 10.7. The SMILES string of the molecule is COc1cc(/C=N/NC(=O)c2ccc(C)nc2)ccc1OC(=O)c1ccc(Cl)cc1Cl. The largest absolute Gasteiger partial charge is 0.493 e. The van der Waals surface area contributed by atoms with Gasteiger partial charge in [-0.1, -0.05) is 23.2 Å². The van der Waals surface area contributed by atoms with Crippen LogP contribution in [0.1, 0.15) is 32.0 Å². The van der Waals surface area contributed by atoms with Crippen molar-refractivity contribution >= 4 is 41.3 Å². The van der Waals surface area contributed by atoms with E-state index in [2.05, 4.69) is 15.5 Å². The number of methoxy groups -OCH3 is 1. The molecule has 1 N–H and O–H groups in total. The summed E-state index contributed by atoms with van der Waals surface area (Å²) >= 11 is 11.9. The lowest BCUT2D eigenvalue weighted by atomic mass is 10.2. The zero-order chi connectivity index (χ0) is 22.4. The van der Waals surface area contributed by atoms with Crippen molar-refractivity contribution in [1.82, 2.24) is 10.4 Å². The first-order valence-corrected chi connectivity index (χ1v) is 9.74. The van der Waals surface area contributed by atoms with Crippen molar-refractivity contribution in [2.75, 3.05) is 7.11 Å². The van der Waals surface area contributed by atoms with Crippen molar-refractivity contribution in [1.29, 1.82) is 0 Å². The first kappa shape index (κ1) is 22.3. The second-order valence-corrected chi connectivity index (χ2v) is 7.16. The number of rotatable bonds is 6. The molecule has 0 unspecified atom stereocenters. The highest BCUT2D eigenvalue weighted by Gasteiger charge is 2.16. The van der Waals surface area contributed by atoms with Gasteiger partial charge in [-0.05, 0) is 61.0 Å². The Balaban J connectivity index is 1.69. The lowest BCUT2D eigenvalue weighted by Crippen LogP contribution is -2.17. The Bertz CT molecular complexity index is 1150. The number of aromatic nitrogens is 1. The monoisotopic (exact) mass is 457 g/mol. The summed E-state index contributed by atoms with van der Waals surface area (Å²) in [5.74, 6) is -0.539. The number of halogens is 2. The van der Waals surface area contributed by atoms with E-state index in [-0.39, 0.29) is 22.2 Å². The van der Waals surface area contributed by atoms with Crippen LogP contribution >= 0.6 is 23.2 Å². The van der Waals surface area contributed by atoms with Crippen molar-refractivity contribution in [2.45, 2.75) is 6.92 Å². The third kappa shape index (κ3) is 5.81. The van der Waals surface area contributed by atoms with Gasteiger partial charge in [0.15, 0.2) is 11.5 Å². The van der Waals surface area contributed by atoms with Gasteiger partial charge >= 0.3 is 5.97 Å². The van der Waals surface area contributed by atoms with Crippen LogP contribution in [0.25, 0.3) is 0 Å². The van der Waals surface area contributed by atoms with E-state index in [1.807, 2.05) is 6.92 Å². The fourth-order valence-electron chi connectivity index (χ4n) is 2.49. The molecule has 0 bridgehead atoms. The highest BCUT2D eigenvalue weighted by atomic mass is 35.5. The van der Waals surface area contributed by atoms with E-state index >= 15 is 0 Å². The number of pyridine rings is 1. The molecule has 1 amide bonds. The molecular weight excluding hydrogens is 441 g/mol. The van der Waals surface area contributed by atoms with Gasteiger partial charge in [0.1, 0.15) is 0 Å². The second kappa shape index (κ2) is 10.1. The smallest absolute Gasteiger partial charge is 0.345 e. The number of hydrazone groups is 1. The minimum Gasteiger partial charge on any atom is -0.493 e. The molecule has 0 saturated carbocycles. The summed E-state index contributed by atoms with van der Waals surface area (Å²) in [5.41, 5.74) is 4.41. The molecule has 0 aliphatic rings. The van der Waals surface area contributed by atoms with Crippen LogP contribution in [0.5, 0.6) is 11.5 Å².